The molecule has 41 heavy (non-hydrogen) atoms. The number of aromatic nitrogens is 1. The highest BCUT2D eigenvalue weighted by Gasteiger charge is 2.54. The van der Waals surface area contributed by atoms with Crippen LogP contribution in [0.3, 0.4) is 0 Å². The maximum Gasteiger partial charge on any atom is 0.338 e. The summed E-state index contributed by atoms with van der Waals surface area (Å²) in [6.07, 6.45) is 3.76. The quantitative estimate of drug-likeness (QED) is 0.457. The third-order valence-electron chi connectivity index (χ3n) is 7.33. The van der Waals surface area contributed by atoms with Gasteiger partial charge in [-0.2, -0.15) is 0 Å². The Morgan fingerprint density at radius 1 is 1.22 bits per heavy atom. The Hall–Kier alpha value is -3.49. The molecule has 1 saturated carbocycles. The largest absolute Gasteiger partial charge is 0.466 e. The number of pyridine rings is 1. The number of esters is 1. The molecule has 1 aromatic carbocycles. The zero-order chi connectivity index (χ0) is 29.7. The summed E-state index contributed by atoms with van der Waals surface area (Å²) in [6.45, 7) is 0.317. The molecule has 218 valence electrons. The predicted octanol–water partition coefficient (Wildman–Crippen LogP) is 2.60. The van der Waals surface area contributed by atoms with Crippen molar-refractivity contribution in [2.24, 2.45) is 10.4 Å². The summed E-state index contributed by atoms with van der Waals surface area (Å²) in [6, 6.07) is 2.01. The zero-order valence-corrected chi connectivity index (χ0v) is 23.5. The number of hydrogen-bond acceptors (Lipinski definition) is 9. The Morgan fingerprint density at radius 2 is 1.95 bits per heavy atom. The lowest BCUT2D eigenvalue weighted by Gasteiger charge is -2.31. The van der Waals surface area contributed by atoms with Crippen molar-refractivity contribution in [3.05, 3.63) is 75.5 Å². The smallest absolute Gasteiger partial charge is 0.338 e. The van der Waals surface area contributed by atoms with Crippen molar-refractivity contribution in [2.45, 2.75) is 31.3 Å². The molecule has 10 nitrogen and oxygen atoms in total. The maximum absolute atomic E-state index is 14.9. The van der Waals surface area contributed by atoms with Gasteiger partial charge in [0.1, 0.15) is 23.4 Å². The number of hydrogen-bond donors (Lipinski definition) is 2. The van der Waals surface area contributed by atoms with Gasteiger partial charge < -0.3 is 10.1 Å². The minimum absolute atomic E-state index is 0.0497. The van der Waals surface area contributed by atoms with Crippen molar-refractivity contribution in [2.75, 3.05) is 26.5 Å². The molecule has 0 radical (unpaired) electrons. The van der Waals surface area contributed by atoms with Crippen LogP contribution in [0.1, 0.15) is 36.6 Å². The number of amidine groups is 1. The Balaban J connectivity index is 1.62. The van der Waals surface area contributed by atoms with Gasteiger partial charge in [-0.25, -0.2) is 31.4 Å². The van der Waals surface area contributed by atoms with Gasteiger partial charge in [0.2, 0.25) is 10.0 Å². The monoisotopic (exact) mass is 611 g/mol. The van der Waals surface area contributed by atoms with Crippen LogP contribution in [0.4, 0.5) is 13.2 Å². The highest BCUT2D eigenvalue weighted by molar-refractivity contribution is 7.89. The standard InChI is InChI=1S/C26H25ClF3N5O5S/c1-40-25(37)20-18(11-35-12-26(5-6-26)9-19(35)24(36)34-41(2,38)39)32-23(22-17(30)8-14(29)10-31-22)33-21(20)15-4-3-13(28)7-16(15)27/h3-4,7-8,10,19,21H,5-6,9,11-12H2,1-2H3,(H,32,33)(H,34,36). The van der Waals surface area contributed by atoms with Crippen LogP contribution in [0.2, 0.25) is 5.02 Å². The van der Waals surface area contributed by atoms with E-state index in [2.05, 4.69) is 15.3 Å². The third-order valence-corrected chi connectivity index (χ3v) is 8.23. The number of aliphatic imine (C=N–C) groups is 1. The van der Waals surface area contributed by atoms with Crippen LogP contribution in [0.15, 0.2) is 46.7 Å². The third kappa shape index (κ3) is 6.09. The molecule has 1 saturated heterocycles. The van der Waals surface area contributed by atoms with Gasteiger partial charge in [-0.15, -0.1) is 0 Å². The number of sulfonamides is 1. The van der Waals surface area contributed by atoms with E-state index in [0.717, 1.165) is 44.5 Å². The lowest BCUT2D eigenvalue weighted by molar-refractivity contribution is -0.136. The number of likely N-dealkylation sites (tertiary alicyclic amines) is 1. The van der Waals surface area contributed by atoms with Crippen LogP contribution >= 0.6 is 11.6 Å². The van der Waals surface area contributed by atoms with E-state index in [0.29, 0.717) is 19.0 Å². The number of carbonyl (C=O) groups is 2. The van der Waals surface area contributed by atoms with Gasteiger partial charge in [0.15, 0.2) is 11.7 Å². The summed E-state index contributed by atoms with van der Waals surface area (Å²) in [5, 5.41) is 2.83. The first-order chi connectivity index (χ1) is 19.3. The summed E-state index contributed by atoms with van der Waals surface area (Å²) in [7, 11) is -2.69. The van der Waals surface area contributed by atoms with Crippen LogP contribution in [0.25, 0.3) is 0 Å². The number of ether oxygens (including phenoxy) is 1. The molecule has 3 heterocycles. The first kappa shape index (κ1) is 29.0. The first-order valence-corrected chi connectivity index (χ1v) is 14.7. The fourth-order valence-corrected chi connectivity index (χ4v) is 6.06. The molecule has 0 bridgehead atoms. The average Bonchev–Trinajstić information content (AvgIpc) is 3.53. The molecular formula is C26H25ClF3N5O5S. The molecule has 2 unspecified atom stereocenters. The van der Waals surface area contributed by atoms with E-state index >= 15 is 0 Å². The molecule has 2 N–H and O–H groups in total. The van der Waals surface area contributed by atoms with Gasteiger partial charge in [-0.3, -0.25) is 19.4 Å². The summed E-state index contributed by atoms with van der Waals surface area (Å²) >= 11 is 6.35. The number of halogens is 4. The minimum Gasteiger partial charge on any atom is -0.466 e. The predicted molar refractivity (Wildman–Crippen MR) is 142 cm³/mol. The Morgan fingerprint density at radius 3 is 2.56 bits per heavy atom. The number of nitrogens with one attached hydrogen (secondary N) is 2. The van der Waals surface area contributed by atoms with E-state index in [9.17, 15) is 31.2 Å². The second kappa shape index (κ2) is 10.7. The van der Waals surface area contributed by atoms with Crippen LogP contribution in [-0.4, -0.2) is 68.5 Å². The van der Waals surface area contributed by atoms with Crippen molar-refractivity contribution >= 4 is 39.3 Å². The van der Waals surface area contributed by atoms with Gasteiger partial charge in [-0.1, -0.05) is 17.7 Å². The van der Waals surface area contributed by atoms with E-state index in [1.54, 1.807) is 4.90 Å². The maximum atomic E-state index is 14.9. The fraction of sp³-hybridized carbons (Fsp3) is 0.385. The molecule has 5 rings (SSSR count). The minimum atomic E-state index is -3.84. The topological polar surface area (TPSA) is 130 Å². The fourth-order valence-electron chi connectivity index (χ4n) is 5.29. The first-order valence-electron chi connectivity index (χ1n) is 12.5. The van der Waals surface area contributed by atoms with Crippen LogP contribution in [0, 0.1) is 22.9 Å². The molecule has 1 aromatic heterocycles. The van der Waals surface area contributed by atoms with Crippen molar-refractivity contribution < 1.29 is 35.9 Å². The molecule has 2 fully saturated rings. The highest BCUT2D eigenvalue weighted by atomic mass is 35.5. The molecule has 15 heteroatoms. The molecule has 1 spiro atoms. The van der Waals surface area contributed by atoms with Crippen LogP contribution < -0.4 is 10.0 Å². The molecule has 1 amide bonds. The lowest BCUT2D eigenvalue weighted by atomic mass is 9.94. The molecule has 1 aliphatic carbocycles. The molecule has 2 atom stereocenters. The molecular weight excluding hydrogens is 587 g/mol. The van der Waals surface area contributed by atoms with Gasteiger partial charge >= 0.3 is 5.97 Å². The zero-order valence-electron chi connectivity index (χ0n) is 21.9. The summed E-state index contributed by atoms with van der Waals surface area (Å²) in [4.78, 5) is 36.2. The van der Waals surface area contributed by atoms with E-state index in [1.165, 1.54) is 6.07 Å². The van der Waals surface area contributed by atoms with Gasteiger partial charge in [0.05, 0.1) is 31.2 Å². The number of nitrogens with zero attached hydrogens (tertiary/aromatic N) is 3. The molecule has 2 aromatic rings. The summed E-state index contributed by atoms with van der Waals surface area (Å²) in [5.41, 5.74) is -0.248. The van der Waals surface area contributed by atoms with Crippen molar-refractivity contribution in [3.8, 4) is 0 Å². The van der Waals surface area contributed by atoms with Gasteiger partial charge in [-0.05, 0) is 36.8 Å². The van der Waals surface area contributed by atoms with Crippen molar-refractivity contribution in [1.29, 1.82) is 0 Å². The second-order valence-corrected chi connectivity index (χ2v) is 12.6. The Kier molecular flexibility index (Phi) is 7.59. The summed E-state index contributed by atoms with van der Waals surface area (Å²) in [5.74, 6) is -4.31. The Bertz CT molecular complexity index is 1610. The number of methoxy groups -OCH3 is 1. The number of benzene rings is 1. The van der Waals surface area contributed by atoms with E-state index in [-0.39, 0.29) is 45.3 Å². The van der Waals surface area contributed by atoms with Crippen molar-refractivity contribution in [1.82, 2.24) is 19.9 Å². The Labute approximate surface area is 238 Å². The van der Waals surface area contributed by atoms with E-state index in [1.807, 2.05) is 4.72 Å². The van der Waals surface area contributed by atoms with E-state index < -0.39 is 51.4 Å². The highest BCUT2D eigenvalue weighted by Crippen LogP contribution is 2.55. The van der Waals surface area contributed by atoms with Crippen LogP contribution in [0.5, 0.6) is 0 Å². The SMILES string of the molecule is COC(=O)C1=C(CN2CC3(CC3)CC2C(=O)NS(C)(=O)=O)NC(c2ncc(F)cc2F)=NC1c1ccc(F)cc1Cl. The van der Waals surface area contributed by atoms with Crippen molar-refractivity contribution in [3.63, 3.8) is 0 Å². The van der Waals surface area contributed by atoms with Gasteiger partial charge in [0.25, 0.3) is 5.91 Å². The normalized spacial score (nSPS) is 21.9. The van der Waals surface area contributed by atoms with E-state index in [4.69, 9.17) is 16.3 Å². The summed E-state index contributed by atoms with van der Waals surface area (Å²) < 4.78 is 73.1. The second-order valence-electron chi connectivity index (χ2n) is 10.4. The lowest BCUT2D eigenvalue weighted by Crippen LogP contribution is -2.47. The number of carbonyl (C=O) groups excluding carboxylic acids is 2. The molecule has 2 aliphatic heterocycles. The average molecular weight is 612 g/mol. The number of rotatable bonds is 7. The number of amides is 1. The molecule has 3 aliphatic rings. The van der Waals surface area contributed by atoms with Crippen LogP contribution in [-0.2, 0) is 24.3 Å². The van der Waals surface area contributed by atoms with Gasteiger partial charge in [0, 0.05) is 35.4 Å².